The molecule has 12 heteroatoms. The van der Waals surface area contributed by atoms with Crippen molar-refractivity contribution in [3.63, 3.8) is 0 Å². The lowest BCUT2D eigenvalue weighted by Gasteiger charge is -2.11. The number of nitrogens with zero attached hydrogens (tertiary/aromatic N) is 7. The van der Waals surface area contributed by atoms with E-state index in [-0.39, 0.29) is 19.1 Å². The van der Waals surface area contributed by atoms with Crippen LogP contribution in [0.5, 0.6) is 5.75 Å². The monoisotopic (exact) mass is 482 g/mol. The van der Waals surface area contributed by atoms with E-state index in [0.717, 1.165) is 16.6 Å². The van der Waals surface area contributed by atoms with Gasteiger partial charge in [0.15, 0.2) is 0 Å². The molecule has 0 saturated heterocycles. The molecule has 2 aromatic carbocycles. The van der Waals surface area contributed by atoms with Gasteiger partial charge in [0, 0.05) is 11.6 Å². The quantitative estimate of drug-likeness (QED) is 0.242. The number of aryl methyl sites for hydroxylation is 1. The van der Waals surface area contributed by atoms with Crippen molar-refractivity contribution in [1.82, 2.24) is 34.7 Å². The van der Waals surface area contributed by atoms with E-state index < -0.39 is 0 Å². The second-order valence-electron chi connectivity index (χ2n) is 7.77. The molecule has 0 bridgehead atoms. The summed E-state index contributed by atoms with van der Waals surface area (Å²) in [5, 5.41) is 31.7. The number of H-pyrrole nitrogens is 1. The largest absolute Gasteiger partial charge is 0.496 e. The van der Waals surface area contributed by atoms with Gasteiger partial charge in [0.2, 0.25) is 17.8 Å². The molecule has 0 radical (unpaired) electrons. The minimum absolute atomic E-state index is 0.0572. The van der Waals surface area contributed by atoms with Crippen LogP contribution < -0.4 is 15.4 Å². The van der Waals surface area contributed by atoms with E-state index in [9.17, 15) is 5.11 Å². The molecule has 0 aliphatic heterocycles. The number of aromatic amines is 1. The van der Waals surface area contributed by atoms with Crippen molar-refractivity contribution in [3.05, 3.63) is 60.0 Å². The van der Waals surface area contributed by atoms with Crippen LogP contribution in [0.4, 0.5) is 17.7 Å². The summed E-state index contributed by atoms with van der Waals surface area (Å²) in [6.45, 7) is 1.67. The fraction of sp³-hybridized carbons (Fsp3) is 0.167. The molecule has 36 heavy (non-hydrogen) atoms. The zero-order valence-corrected chi connectivity index (χ0v) is 19.5. The maximum Gasteiger partial charge on any atom is 0.242 e. The molecule has 3 aromatic heterocycles. The van der Waals surface area contributed by atoms with E-state index in [1.165, 1.54) is 0 Å². The number of fused-ring (bicyclic) bond motifs is 1. The number of benzene rings is 2. The summed E-state index contributed by atoms with van der Waals surface area (Å²) >= 11 is 0. The molecular weight excluding hydrogens is 460 g/mol. The molecule has 0 saturated carbocycles. The Balaban J connectivity index is 1.69. The normalized spacial score (nSPS) is 10.8. The zero-order valence-electron chi connectivity index (χ0n) is 19.5. The maximum absolute atomic E-state index is 9.77. The Kier molecular flexibility index (Phi) is 6.12. The van der Waals surface area contributed by atoms with E-state index in [1.54, 1.807) is 30.9 Å². The number of hydrogen-bond acceptors (Lipinski definition) is 10. The third-order valence-corrected chi connectivity index (χ3v) is 5.45. The standard InChI is InChI=1S/C24H22N10O2/c1-14-28-22(26-10-8-25)32-23(29-14)34-19-12-16(15-4-6-20(36-2)17(11-15)13-35)3-5-18(19)30-24(34)31-21-7-9-27-33-21/h3-7,9,11-12,35H,10,13H2,1-2H3,(H,26,28,29,32)(H2,27,30,31,33). The number of hydrogen-bond donors (Lipinski definition) is 4. The van der Waals surface area contributed by atoms with Gasteiger partial charge in [-0.15, -0.1) is 0 Å². The fourth-order valence-electron chi connectivity index (χ4n) is 3.83. The Morgan fingerprint density at radius 2 is 1.92 bits per heavy atom. The molecule has 5 aromatic rings. The lowest BCUT2D eigenvalue weighted by Crippen LogP contribution is -2.12. The molecule has 0 aliphatic rings. The van der Waals surface area contributed by atoms with Gasteiger partial charge in [0.1, 0.15) is 23.9 Å². The van der Waals surface area contributed by atoms with E-state index >= 15 is 0 Å². The fourth-order valence-corrected chi connectivity index (χ4v) is 3.83. The topological polar surface area (TPSA) is 162 Å². The van der Waals surface area contributed by atoms with E-state index in [0.29, 0.717) is 40.4 Å². The molecular formula is C24H22N10O2. The first kappa shape index (κ1) is 22.8. The number of aliphatic hydroxyl groups excluding tert-OH is 1. The average molecular weight is 483 g/mol. The summed E-state index contributed by atoms with van der Waals surface area (Å²) in [4.78, 5) is 18.1. The number of nitrogens with one attached hydrogen (secondary N) is 3. The first-order valence-electron chi connectivity index (χ1n) is 11.0. The van der Waals surface area contributed by atoms with Gasteiger partial charge in [0.25, 0.3) is 0 Å². The number of imidazole rings is 1. The Bertz CT molecular complexity index is 1570. The molecule has 0 aliphatic carbocycles. The summed E-state index contributed by atoms with van der Waals surface area (Å²) in [5.41, 5.74) is 3.95. The first-order valence-corrected chi connectivity index (χ1v) is 11.0. The molecule has 12 nitrogen and oxygen atoms in total. The van der Waals surface area contributed by atoms with Crippen LogP contribution in [0.25, 0.3) is 28.1 Å². The number of anilines is 3. The van der Waals surface area contributed by atoms with E-state index in [2.05, 4.69) is 35.8 Å². The number of nitriles is 1. The Morgan fingerprint density at radius 3 is 2.67 bits per heavy atom. The second-order valence-corrected chi connectivity index (χ2v) is 7.77. The third-order valence-electron chi connectivity index (χ3n) is 5.45. The van der Waals surface area contributed by atoms with Gasteiger partial charge < -0.3 is 20.5 Å². The molecule has 0 fully saturated rings. The highest BCUT2D eigenvalue weighted by atomic mass is 16.5. The molecule has 0 atom stereocenters. The highest BCUT2D eigenvalue weighted by Crippen LogP contribution is 2.32. The molecule has 0 unspecified atom stereocenters. The summed E-state index contributed by atoms with van der Waals surface area (Å²) in [6, 6.07) is 15.3. The van der Waals surface area contributed by atoms with Crippen LogP contribution in [-0.4, -0.2) is 53.5 Å². The Hall–Kier alpha value is -5.02. The van der Waals surface area contributed by atoms with E-state index in [1.807, 2.05) is 42.5 Å². The summed E-state index contributed by atoms with van der Waals surface area (Å²) in [7, 11) is 1.57. The zero-order chi connectivity index (χ0) is 25.1. The van der Waals surface area contributed by atoms with Gasteiger partial charge in [-0.1, -0.05) is 12.1 Å². The summed E-state index contributed by atoms with van der Waals surface area (Å²) in [6.07, 6.45) is 1.63. The highest BCUT2D eigenvalue weighted by molar-refractivity contribution is 5.86. The van der Waals surface area contributed by atoms with Crippen LogP contribution in [0.2, 0.25) is 0 Å². The van der Waals surface area contributed by atoms with Gasteiger partial charge in [-0.3, -0.25) is 5.10 Å². The Labute approximate surface area is 205 Å². The minimum Gasteiger partial charge on any atom is -0.496 e. The predicted molar refractivity (Wildman–Crippen MR) is 133 cm³/mol. The van der Waals surface area contributed by atoms with Crippen LogP contribution in [0.1, 0.15) is 11.4 Å². The van der Waals surface area contributed by atoms with Crippen LogP contribution >= 0.6 is 0 Å². The van der Waals surface area contributed by atoms with Crippen LogP contribution in [0.15, 0.2) is 48.7 Å². The number of methoxy groups -OCH3 is 1. The molecule has 180 valence electrons. The molecule has 0 spiro atoms. The Morgan fingerprint density at radius 1 is 1.08 bits per heavy atom. The minimum atomic E-state index is -0.141. The van der Waals surface area contributed by atoms with Crippen molar-refractivity contribution in [3.8, 4) is 28.9 Å². The number of aromatic nitrogens is 7. The van der Waals surface area contributed by atoms with Gasteiger partial charge in [-0.2, -0.15) is 25.3 Å². The van der Waals surface area contributed by atoms with Crippen molar-refractivity contribution in [2.45, 2.75) is 13.5 Å². The lowest BCUT2D eigenvalue weighted by molar-refractivity contribution is 0.274. The summed E-state index contributed by atoms with van der Waals surface area (Å²) < 4.78 is 7.12. The van der Waals surface area contributed by atoms with Gasteiger partial charge in [-0.25, -0.2) is 9.55 Å². The van der Waals surface area contributed by atoms with Crippen molar-refractivity contribution in [2.24, 2.45) is 0 Å². The van der Waals surface area contributed by atoms with Crippen molar-refractivity contribution in [2.75, 3.05) is 24.3 Å². The third kappa shape index (κ3) is 4.38. The van der Waals surface area contributed by atoms with Crippen molar-refractivity contribution >= 4 is 28.7 Å². The molecule has 0 amide bonds. The van der Waals surface area contributed by atoms with Crippen LogP contribution in [0.3, 0.4) is 0 Å². The molecule has 3 heterocycles. The first-order chi connectivity index (χ1) is 17.6. The maximum atomic E-state index is 9.77. The average Bonchev–Trinajstić information content (AvgIpc) is 3.53. The van der Waals surface area contributed by atoms with Gasteiger partial charge in [0.05, 0.1) is 37.0 Å². The smallest absolute Gasteiger partial charge is 0.242 e. The van der Waals surface area contributed by atoms with Crippen molar-refractivity contribution in [1.29, 1.82) is 5.26 Å². The SMILES string of the molecule is COc1ccc(-c2ccc3nc(Nc4ccn[nH]4)n(-c4nc(C)nc(NCC#N)n4)c3c2)cc1CO. The second kappa shape index (κ2) is 9.69. The summed E-state index contributed by atoms with van der Waals surface area (Å²) in [5.74, 6) is 2.82. The van der Waals surface area contributed by atoms with Crippen LogP contribution in [0, 0.1) is 18.3 Å². The van der Waals surface area contributed by atoms with Gasteiger partial charge >= 0.3 is 0 Å². The van der Waals surface area contributed by atoms with Crippen molar-refractivity contribution < 1.29 is 9.84 Å². The predicted octanol–water partition coefficient (Wildman–Crippen LogP) is 3.09. The van der Waals surface area contributed by atoms with Crippen LogP contribution in [-0.2, 0) is 6.61 Å². The lowest BCUT2D eigenvalue weighted by atomic mass is 10.0. The number of rotatable bonds is 8. The molecule has 5 rings (SSSR count). The number of ether oxygens (including phenoxy) is 1. The van der Waals surface area contributed by atoms with E-state index in [4.69, 9.17) is 15.0 Å². The van der Waals surface area contributed by atoms with Gasteiger partial charge in [-0.05, 0) is 42.3 Å². The highest BCUT2D eigenvalue weighted by Gasteiger charge is 2.18. The molecule has 4 N–H and O–H groups in total. The number of aliphatic hydroxyl groups is 1.